The van der Waals surface area contributed by atoms with E-state index in [1.54, 1.807) is 37.6 Å². The molecule has 0 bridgehead atoms. The number of anilines is 1. The summed E-state index contributed by atoms with van der Waals surface area (Å²) in [4.78, 5) is 28.4. The van der Waals surface area contributed by atoms with E-state index in [2.05, 4.69) is 5.32 Å². The summed E-state index contributed by atoms with van der Waals surface area (Å²) in [6, 6.07) is 6.96. The largest absolute Gasteiger partial charge is 0.497 e. The summed E-state index contributed by atoms with van der Waals surface area (Å²) in [6.45, 7) is 1.72. The maximum Gasteiger partial charge on any atom is 0.271 e. The molecule has 0 aliphatic carbocycles. The van der Waals surface area contributed by atoms with Crippen LogP contribution < -0.4 is 15.0 Å². The zero-order valence-electron chi connectivity index (χ0n) is 13.4. The topological polar surface area (TPSA) is 61.9 Å². The number of thiocarbonyl (C=S) groups is 1. The van der Waals surface area contributed by atoms with Crippen molar-refractivity contribution in [2.75, 3.05) is 25.1 Å². The number of nitrogens with zero attached hydrogens (tertiary/aromatic N) is 2. The first kappa shape index (κ1) is 16.4. The van der Waals surface area contributed by atoms with E-state index in [0.29, 0.717) is 11.4 Å². The third-order valence-corrected chi connectivity index (χ3v) is 4.42. The number of ether oxygens (including phenoxy) is 1. The fourth-order valence-corrected chi connectivity index (χ4v) is 3.12. The number of amides is 2. The molecule has 0 saturated carbocycles. The van der Waals surface area contributed by atoms with Crippen LogP contribution in [0.2, 0.25) is 0 Å². The van der Waals surface area contributed by atoms with Gasteiger partial charge in [-0.2, -0.15) is 0 Å². The monoisotopic (exact) mass is 345 g/mol. The quantitative estimate of drug-likeness (QED) is 0.514. The van der Waals surface area contributed by atoms with Gasteiger partial charge in [0.25, 0.3) is 11.8 Å². The second kappa shape index (κ2) is 7.00. The molecule has 0 spiro atoms. The molecule has 0 aromatic heterocycles. The molecule has 6 nitrogen and oxygen atoms in total. The second-order valence-corrected chi connectivity index (χ2v) is 6.12. The molecule has 24 heavy (non-hydrogen) atoms. The van der Waals surface area contributed by atoms with E-state index in [4.69, 9.17) is 17.0 Å². The zero-order valence-corrected chi connectivity index (χ0v) is 14.3. The highest BCUT2D eigenvalue weighted by Gasteiger charge is 2.35. The fraction of sp³-hybridized carbons (Fsp3) is 0.353. The minimum atomic E-state index is -0.444. The van der Waals surface area contributed by atoms with Gasteiger partial charge in [0.2, 0.25) is 0 Å². The molecule has 2 aliphatic rings. The van der Waals surface area contributed by atoms with Gasteiger partial charge < -0.3 is 9.64 Å². The van der Waals surface area contributed by atoms with Crippen LogP contribution in [0.1, 0.15) is 19.3 Å². The summed E-state index contributed by atoms with van der Waals surface area (Å²) < 4.78 is 5.12. The Morgan fingerprint density at radius 1 is 1.12 bits per heavy atom. The number of methoxy groups -OCH3 is 1. The fourth-order valence-electron chi connectivity index (χ4n) is 2.84. The summed E-state index contributed by atoms with van der Waals surface area (Å²) in [5, 5.41) is 2.69. The van der Waals surface area contributed by atoms with E-state index in [0.717, 1.165) is 25.9 Å². The predicted molar refractivity (Wildman–Crippen MR) is 94.7 cm³/mol. The van der Waals surface area contributed by atoms with Crippen molar-refractivity contribution in [3.05, 3.63) is 36.0 Å². The van der Waals surface area contributed by atoms with Crippen molar-refractivity contribution in [3.8, 4) is 5.75 Å². The smallest absolute Gasteiger partial charge is 0.271 e. The standard InChI is InChI=1S/C17H19N3O3S/c1-23-13-7-5-12(6-8-13)20-16(22)14(15(21)18-17(20)24)11-19-9-3-2-4-10-19/h5-8,11H,2-4,9-10H2,1H3,(H,18,21,24). The molecule has 1 aromatic rings. The van der Waals surface area contributed by atoms with Crippen LogP contribution in [-0.4, -0.2) is 42.0 Å². The lowest BCUT2D eigenvalue weighted by molar-refractivity contribution is -0.122. The van der Waals surface area contributed by atoms with E-state index in [9.17, 15) is 9.59 Å². The lowest BCUT2D eigenvalue weighted by atomic mass is 10.1. The first-order chi connectivity index (χ1) is 11.6. The molecule has 2 heterocycles. The van der Waals surface area contributed by atoms with Crippen molar-refractivity contribution in [2.24, 2.45) is 0 Å². The van der Waals surface area contributed by atoms with Gasteiger partial charge in [0.05, 0.1) is 12.8 Å². The maximum absolute atomic E-state index is 12.8. The molecule has 2 amide bonds. The first-order valence-corrected chi connectivity index (χ1v) is 8.30. The summed E-state index contributed by atoms with van der Waals surface area (Å²) >= 11 is 5.18. The number of rotatable bonds is 3. The Hall–Kier alpha value is -2.41. The van der Waals surface area contributed by atoms with E-state index in [1.807, 2.05) is 4.90 Å². The second-order valence-electron chi connectivity index (χ2n) is 5.74. The average Bonchev–Trinajstić information content (AvgIpc) is 2.60. The number of hydrogen-bond acceptors (Lipinski definition) is 5. The third-order valence-electron chi connectivity index (χ3n) is 4.13. The molecule has 2 saturated heterocycles. The molecular formula is C17H19N3O3S. The molecule has 0 atom stereocenters. The Morgan fingerprint density at radius 3 is 2.42 bits per heavy atom. The van der Waals surface area contributed by atoms with Gasteiger partial charge >= 0.3 is 0 Å². The molecular weight excluding hydrogens is 326 g/mol. The van der Waals surface area contributed by atoms with Gasteiger partial charge in [-0.3, -0.25) is 19.8 Å². The Balaban J connectivity index is 1.88. The molecule has 126 valence electrons. The van der Waals surface area contributed by atoms with Crippen LogP contribution in [0.3, 0.4) is 0 Å². The molecule has 7 heteroatoms. The molecule has 1 aromatic carbocycles. The van der Waals surface area contributed by atoms with Crippen LogP contribution in [-0.2, 0) is 9.59 Å². The number of hydrogen-bond donors (Lipinski definition) is 1. The van der Waals surface area contributed by atoms with E-state index < -0.39 is 11.8 Å². The number of carbonyl (C=O) groups excluding carboxylic acids is 2. The van der Waals surface area contributed by atoms with E-state index in [-0.39, 0.29) is 10.7 Å². The Kier molecular flexibility index (Phi) is 4.80. The van der Waals surface area contributed by atoms with Gasteiger partial charge in [0, 0.05) is 19.3 Å². The maximum atomic E-state index is 12.8. The predicted octanol–water partition coefficient (Wildman–Crippen LogP) is 1.81. The van der Waals surface area contributed by atoms with E-state index in [1.165, 1.54) is 11.3 Å². The van der Waals surface area contributed by atoms with Crippen molar-refractivity contribution in [1.82, 2.24) is 10.2 Å². The van der Waals surface area contributed by atoms with Crippen LogP contribution in [0.25, 0.3) is 0 Å². The molecule has 3 rings (SSSR count). The summed E-state index contributed by atoms with van der Waals surface area (Å²) in [5.41, 5.74) is 0.705. The number of likely N-dealkylation sites (tertiary alicyclic amines) is 1. The van der Waals surface area contributed by atoms with Gasteiger partial charge in [-0.15, -0.1) is 0 Å². The van der Waals surface area contributed by atoms with Crippen molar-refractivity contribution in [1.29, 1.82) is 0 Å². The first-order valence-electron chi connectivity index (χ1n) is 7.90. The summed E-state index contributed by atoms with van der Waals surface area (Å²) in [7, 11) is 1.57. The van der Waals surface area contributed by atoms with Crippen molar-refractivity contribution >= 4 is 34.8 Å². The van der Waals surface area contributed by atoms with Crippen LogP contribution in [0.15, 0.2) is 36.0 Å². The summed E-state index contributed by atoms with van der Waals surface area (Å²) in [6.07, 6.45) is 4.98. The SMILES string of the molecule is COc1ccc(N2C(=O)C(=CN3CCCCC3)C(=O)NC2=S)cc1. The van der Waals surface area contributed by atoms with Gasteiger partial charge in [-0.05, 0) is 55.7 Å². The molecule has 0 unspecified atom stereocenters. The highest BCUT2D eigenvalue weighted by atomic mass is 32.1. The number of nitrogens with one attached hydrogen (secondary N) is 1. The van der Waals surface area contributed by atoms with Crippen LogP contribution in [0.4, 0.5) is 5.69 Å². The van der Waals surface area contributed by atoms with Crippen molar-refractivity contribution in [3.63, 3.8) is 0 Å². The molecule has 2 fully saturated rings. The Labute approximate surface area is 146 Å². The number of carbonyl (C=O) groups is 2. The lowest BCUT2D eigenvalue weighted by Gasteiger charge is -2.31. The lowest BCUT2D eigenvalue weighted by Crippen LogP contribution is -2.54. The van der Waals surface area contributed by atoms with Gasteiger partial charge in [0.15, 0.2) is 5.11 Å². The molecule has 2 aliphatic heterocycles. The zero-order chi connectivity index (χ0) is 17.1. The van der Waals surface area contributed by atoms with Gasteiger partial charge in [-0.1, -0.05) is 0 Å². The van der Waals surface area contributed by atoms with E-state index >= 15 is 0 Å². The molecule has 0 radical (unpaired) electrons. The highest BCUT2D eigenvalue weighted by molar-refractivity contribution is 7.80. The highest BCUT2D eigenvalue weighted by Crippen LogP contribution is 2.24. The minimum Gasteiger partial charge on any atom is -0.497 e. The average molecular weight is 345 g/mol. The summed E-state index contributed by atoms with van der Waals surface area (Å²) in [5.74, 6) is -0.165. The third kappa shape index (κ3) is 3.26. The van der Waals surface area contributed by atoms with Gasteiger partial charge in [0.1, 0.15) is 11.3 Å². The van der Waals surface area contributed by atoms with Crippen molar-refractivity contribution < 1.29 is 14.3 Å². The number of benzene rings is 1. The minimum absolute atomic E-state index is 0.0889. The van der Waals surface area contributed by atoms with Crippen LogP contribution in [0, 0.1) is 0 Å². The number of piperidine rings is 1. The van der Waals surface area contributed by atoms with Crippen LogP contribution >= 0.6 is 12.2 Å². The normalized spacial score (nSPS) is 20.4. The Morgan fingerprint density at radius 2 is 1.79 bits per heavy atom. The van der Waals surface area contributed by atoms with Gasteiger partial charge in [-0.25, -0.2) is 0 Å². The van der Waals surface area contributed by atoms with Crippen molar-refractivity contribution in [2.45, 2.75) is 19.3 Å². The molecule has 1 N–H and O–H groups in total. The Bertz CT molecular complexity index is 694. The van der Waals surface area contributed by atoms with Crippen LogP contribution in [0.5, 0.6) is 5.75 Å².